The lowest BCUT2D eigenvalue weighted by Crippen LogP contribution is -2.21. The highest BCUT2D eigenvalue weighted by Gasteiger charge is 2.19. The van der Waals surface area contributed by atoms with E-state index >= 15 is 0 Å². The van der Waals surface area contributed by atoms with Crippen LogP contribution >= 0.6 is 11.3 Å². The molecule has 2 heterocycles. The van der Waals surface area contributed by atoms with Gasteiger partial charge in [-0.1, -0.05) is 32.0 Å². The summed E-state index contributed by atoms with van der Waals surface area (Å²) >= 11 is 1.93. The van der Waals surface area contributed by atoms with Crippen LogP contribution in [0.3, 0.4) is 0 Å². The Morgan fingerprint density at radius 3 is 2.90 bits per heavy atom. The van der Waals surface area contributed by atoms with Crippen LogP contribution < -0.4 is 10.2 Å². The zero-order valence-electron chi connectivity index (χ0n) is 13.1. The average molecular weight is 300 g/mol. The molecular weight excluding hydrogens is 276 g/mol. The fourth-order valence-corrected chi connectivity index (χ4v) is 3.92. The van der Waals surface area contributed by atoms with Crippen LogP contribution in [0.5, 0.6) is 0 Å². The third-order valence-electron chi connectivity index (χ3n) is 4.10. The Morgan fingerprint density at radius 2 is 2.10 bits per heavy atom. The summed E-state index contributed by atoms with van der Waals surface area (Å²) in [6.45, 7) is 9.82. The van der Waals surface area contributed by atoms with Gasteiger partial charge in [0.25, 0.3) is 0 Å². The Balaban J connectivity index is 1.71. The molecule has 1 aromatic heterocycles. The maximum Gasteiger partial charge on any atom is 0.0440 e. The van der Waals surface area contributed by atoms with E-state index in [-0.39, 0.29) is 0 Å². The largest absolute Gasteiger partial charge is 0.367 e. The van der Waals surface area contributed by atoms with E-state index in [1.54, 1.807) is 0 Å². The SMILES string of the molecule is Cc1sc(CNC(C)C)cc1CN1CCc2ccccc21. The molecule has 0 spiro atoms. The smallest absolute Gasteiger partial charge is 0.0440 e. The predicted octanol–water partition coefficient (Wildman–Crippen LogP) is 4.12. The fourth-order valence-electron chi connectivity index (χ4n) is 2.91. The fraction of sp³-hybridized carbons (Fsp3) is 0.444. The van der Waals surface area contributed by atoms with E-state index in [1.165, 1.54) is 33.0 Å². The summed E-state index contributed by atoms with van der Waals surface area (Å²) < 4.78 is 0. The van der Waals surface area contributed by atoms with Crippen LogP contribution in [0.25, 0.3) is 0 Å². The number of aryl methyl sites for hydroxylation is 1. The number of nitrogens with zero attached hydrogens (tertiary/aromatic N) is 1. The summed E-state index contributed by atoms with van der Waals surface area (Å²) in [5.41, 5.74) is 4.40. The molecule has 0 radical (unpaired) electrons. The molecule has 1 N–H and O–H groups in total. The maximum atomic E-state index is 3.51. The van der Waals surface area contributed by atoms with Crippen molar-refractivity contribution < 1.29 is 0 Å². The molecule has 0 bridgehead atoms. The first-order valence-corrected chi connectivity index (χ1v) is 8.59. The molecule has 3 rings (SSSR count). The summed E-state index contributed by atoms with van der Waals surface area (Å²) in [6.07, 6.45) is 1.18. The van der Waals surface area contributed by atoms with Crippen LogP contribution in [0.1, 0.15) is 34.7 Å². The third-order valence-corrected chi connectivity index (χ3v) is 5.19. The molecule has 0 fully saturated rings. The summed E-state index contributed by atoms with van der Waals surface area (Å²) in [5.74, 6) is 0. The Bertz CT molecular complexity index is 615. The summed E-state index contributed by atoms with van der Waals surface area (Å²) in [5, 5.41) is 3.51. The number of thiophene rings is 1. The lowest BCUT2D eigenvalue weighted by Gasteiger charge is -2.19. The van der Waals surface area contributed by atoms with Crippen LogP contribution in [0.2, 0.25) is 0 Å². The summed E-state index contributed by atoms with van der Waals surface area (Å²) in [4.78, 5) is 5.42. The first kappa shape index (κ1) is 14.6. The summed E-state index contributed by atoms with van der Waals surface area (Å²) in [7, 11) is 0. The quantitative estimate of drug-likeness (QED) is 0.893. The zero-order valence-corrected chi connectivity index (χ0v) is 14.0. The Kier molecular flexibility index (Phi) is 4.32. The van der Waals surface area contributed by atoms with E-state index in [1.807, 2.05) is 11.3 Å². The molecule has 0 aliphatic carbocycles. The molecule has 21 heavy (non-hydrogen) atoms. The molecule has 3 heteroatoms. The highest BCUT2D eigenvalue weighted by atomic mass is 32.1. The van der Waals surface area contributed by atoms with Gasteiger partial charge in [-0.2, -0.15) is 0 Å². The Labute approximate surface area is 131 Å². The zero-order chi connectivity index (χ0) is 14.8. The van der Waals surface area contributed by atoms with Gasteiger partial charge in [0, 0.05) is 41.1 Å². The van der Waals surface area contributed by atoms with Gasteiger partial charge >= 0.3 is 0 Å². The minimum Gasteiger partial charge on any atom is -0.367 e. The van der Waals surface area contributed by atoms with E-state index in [0.29, 0.717) is 6.04 Å². The monoisotopic (exact) mass is 300 g/mol. The minimum absolute atomic E-state index is 0.543. The number of hydrogen-bond acceptors (Lipinski definition) is 3. The van der Waals surface area contributed by atoms with E-state index in [9.17, 15) is 0 Å². The van der Waals surface area contributed by atoms with Crippen molar-refractivity contribution in [3.63, 3.8) is 0 Å². The molecule has 0 atom stereocenters. The molecule has 1 aliphatic heterocycles. The van der Waals surface area contributed by atoms with E-state index in [2.05, 4.69) is 61.3 Å². The first-order chi connectivity index (χ1) is 10.1. The number of benzene rings is 1. The second-order valence-electron chi connectivity index (χ2n) is 6.13. The van der Waals surface area contributed by atoms with Gasteiger partial charge in [0.2, 0.25) is 0 Å². The molecule has 2 nitrogen and oxygen atoms in total. The lowest BCUT2D eigenvalue weighted by molar-refractivity contribution is 0.593. The van der Waals surface area contributed by atoms with Crippen molar-refractivity contribution in [3.8, 4) is 0 Å². The molecule has 0 unspecified atom stereocenters. The lowest BCUT2D eigenvalue weighted by atomic mass is 10.2. The Hall–Kier alpha value is -1.32. The van der Waals surface area contributed by atoms with Crippen molar-refractivity contribution in [2.24, 2.45) is 0 Å². The van der Waals surface area contributed by atoms with Crippen molar-refractivity contribution in [3.05, 3.63) is 51.2 Å². The van der Waals surface area contributed by atoms with Crippen molar-refractivity contribution in [1.82, 2.24) is 5.32 Å². The molecule has 1 aliphatic rings. The van der Waals surface area contributed by atoms with Gasteiger partial charge in [-0.3, -0.25) is 0 Å². The van der Waals surface area contributed by atoms with Crippen LogP contribution in [0.15, 0.2) is 30.3 Å². The van der Waals surface area contributed by atoms with Crippen molar-refractivity contribution in [1.29, 1.82) is 0 Å². The van der Waals surface area contributed by atoms with Gasteiger partial charge in [-0.25, -0.2) is 0 Å². The van der Waals surface area contributed by atoms with Crippen LogP contribution in [0, 0.1) is 6.92 Å². The number of rotatable bonds is 5. The van der Waals surface area contributed by atoms with Crippen molar-refractivity contribution >= 4 is 17.0 Å². The topological polar surface area (TPSA) is 15.3 Å². The number of hydrogen-bond donors (Lipinski definition) is 1. The standard InChI is InChI=1S/C18H24N2S/c1-13(2)19-11-17-10-16(14(3)21-17)12-20-9-8-15-6-4-5-7-18(15)20/h4-7,10,13,19H,8-9,11-12H2,1-3H3. The van der Waals surface area contributed by atoms with Crippen LogP contribution in [-0.2, 0) is 19.5 Å². The molecule has 0 saturated carbocycles. The second kappa shape index (κ2) is 6.20. The average Bonchev–Trinajstić information content (AvgIpc) is 3.02. The van der Waals surface area contributed by atoms with E-state index in [4.69, 9.17) is 0 Å². The highest BCUT2D eigenvalue weighted by molar-refractivity contribution is 7.12. The highest BCUT2D eigenvalue weighted by Crippen LogP contribution is 2.31. The van der Waals surface area contributed by atoms with Gasteiger partial charge < -0.3 is 10.2 Å². The van der Waals surface area contributed by atoms with E-state index < -0.39 is 0 Å². The number of fused-ring (bicyclic) bond motifs is 1. The molecule has 112 valence electrons. The van der Waals surface area contributed by atoms with Crippen molar-refractivity contribution in [2.45, 2.75) is 46.3 Å². The van der Waals surface area contributed by atoms with Crippen LogP contribution in [-0.4, -0.2) is 12.6 Å². The number of para-hydroxylation sites is 1. The predicted molar refractivity (Wildman–Crippen MR) is 92.2 cm³/mol. The molecule has 0 saturated heterocycles. The second-order valence-corrected chi connectivity index (χ2v) is 7.47. The molecule has 2 aromatic rings. The molecule has 1 aromatic carbocycles. The summed E-state index contributed by atoms with van der Waals surface area (Å²) in [6, 6.07) is 11.7. The van der Waals surface area contributed by atoms with Gasteiger partial charge in [-0.15, -0.1) is 11.3 Å². The first-order valence-electron chi connectivity index (χ1n) is 7.78. The van der Waals surface area contributed by atoms with Crippen LogP contribution in [0.4, 0.5) is 5.69 Å². The van der Waals surface area contributed by atoms with Gasteiger partial charge in [-0.05, 0) is 36.6 Å². The minimum atomic E-state index is 0.543. The number of nitrogens with one attached hydrogen (secondary N) is 1. The van der Waals surface area contributed by atoms with Crippen molar-refractivity contribution in [2.75, 3.05) is 11.4 Å². The maximum absolute atomic E-state index is 3.51. The van der Waals surface area contributed by atoms with E-state index in [0.717, 1.165) is 19.6 Å². The van der Waals surface area contributed by atoms with Gasteiger partial charge in [0.15, 0.2) is 0 Å². The number of anilines is 1. The van der Waals surface area contributed by atoms with Gasteiger partial charge in [0.1, 0.15) is 0 Å². The molecular formula is C18H24N2S. The normalized spacial score (nSPS) is 14.0. The molecule has 0 amide bonds. The Morgan fingerprint density at radius 1 is 1.29 bits per heavy atom. The third kappa shape index (κ3) is 3.30. The van der Waals surface area contributed by atoms with Gasteiger partial charge in [0.05, 0.1) is 0 Å².